The van der Waals surface area contributed by atoms with Crippen molar-refractivity contribution in [2.24, 2.45) is 0 Å². The molecule has 6 heteroatoms. The molecule has 84 valence electrons. The van der Waals surface area contributed by atoms with Crippen LogP contribution in [0.15, 0.2) is 24.3 Å². The Bertz CT molecular complexity index is 296. The molecule has 1 aliphatic rings. The number of hydrogen-bond acceptors (Lipinski definition) is 3. The molecule has 0 aliphatic heterocycles. The molecule has 0 spiro atoms. The minimum Gasteiger partial charge on any atom is -0.262 e. The van der Waals surface area contributed by atoms with E-state index in [9.17, 15) is 10.1 Å². The van der Waals surface area contributed by atoms with Gasteiger partial charge in [0.05, 0.1) is 0 Å². The van der Waals surface area contributed by atoms with Crippen molar-refractivity contribution < 1.29 is 4.92 Å². The van der Waals surface area contributed by atoms with Gasteiger partial charge in [0.25, 0.3) is 0 Å². The van der Waals surface area contributed by atoms with Crippen molar-refractivity contribution in [2.75, 3.05) is 11.6 Å². The van der Waals surface area contributed by atoms with Gasteiger partial charge in [0.2, 0.25) is 0 Å². The minimum absolute atomic E-state index is 0.331. The Kier molecular flexibility index (Phi) is 4.96. The van der Waals surface area contributed by atoms with E-state index in [1.54, 1.807) is 18.2 Å². The number of nitro groups is 1. The zero-order valence-corrected chi connectivity index (χ0v) is 10.3. The summed E-state index contributed by atoms with van der Waals surface area (Å²) in [4.78, 5) is 8.91. The van der Waals surface area contributed by atoms with Crippen LogP contribution in [0.2, 0.25) is 0 Å². The fourth-order valence-electron chi connectivity index (χ4n) is 1.19. The molecule has 1 aliphatic carbocycles. The molecule has 0 aromatic rings. The van der Waals surface area contributed by atoms with E-state index in [0.29, 0.717) is 5.88 Å². The van der Waals surface area contributed by atoms with Gasteiger partial charge in [-0.1, -0.05) is 18.2 Å². The van der Waals surface area contributed by atoms with E-state index in [-0.39, 0.29) is 5.25 Å². The third-order valence-electron chi connectivity index (χ3n) is 1.98. The first-order valence-electron chi connectivity index (χ1n) is 4.48. The van der Waals surface area contributed by atoms with Crippen LogP contribution < -0.4 is 0 Å². The summed E-state index contributed by atoms with van der Waals surface area (Å²) in [6.45, 7) is 0. The van der Waals surface area contributed by atoms with E-state index >= 15 is 0 Å². The summed E-state index contributed by atoms with van der Waals surface area (Å²) in [7, 11) is 0. The topological polar surface area (TPSA) is 43.1 Å². The number of allylic oxidation sites excluding steroid dienone is 2. The summed E-state index contributed by atoms with van der Waals surface area (Å²) in [6.07, 6.45) is 7.39. The maximum absolute atomic E-state index is 10.9. The molecule has 0 N–H and O–H groups in total. The first-order chi connectivity index (χ1) is 7.11. The Morgan fingerprint density at radius 1 is 1.53 bits per heavy atom. The van der Waals surface area contributed by atoms with Crippen LogP contribution in [0.3, 0.4) is 0 Å². The lowest BCUT2D eigenvalue weighted by atomic mass is 10.1. The number of thioether (sulfide) groups is 1. The predicted octanol–water partition coefficient (Wildman–Crippen LogP) is 3.05. The molecule has 3 nitrogen and oxygen atoms in total. The first kappa shape index (κ1) is 12.9. The lowest BCUT2D eigenvalue weighted by Gasteiger charge is -2.24. The standard InChI is InChI=1S/C9H11Cl2NO2S/c10-6-3-7-15-8-4-1-2-5-9(8,11)12(13)14/h1-2,4-5,8H,3,6-7H2. The van der Waals surface area contributed by atoms with Crippen molar-refractivity contribution >= 4 is 35.0 Å². The monoisotopic (exact) mass is 267 g/mol. The quantitative estimate of drug-likeness (QED) is 0.253. The largest absolute Gasteiger partial charge is 0.328 e. The Hall–Kier alpha value is -0.190. The van der Waals surface area contributed by atoms with E-state index in [2.05, 4.69) is 0 Å². The molecule has 0 aromatic heterocycles. The van der Waals surface area contributed by atoms with Gasteiger partial charge in [0, 0.05) is 16.9 Å². The smallest absolute Gasteiger partial charge is 0.262 e. The molecule has 0 saturated carbocycles. The lowest BCUT2D eigenvalue weighted by Crippen LogP contribution is -2.40. The van der Waals surface area contributed by atoms with Crippen LogP contribution in [0.4, 0.5) is 0 Å². The van der Waals surface area contributed by atoms with Gasteiger partial charge in [-0.05, 0) is 23.8 Å². The molecular formula is C9H11Cl2NO2S. The van der Waals surface area contributed by atoms with Crippen molar-refractivity contribution in [3.8, 4) is 0 Å². The molecule has 0 radical (unpaired) electrons. The number of nitrogens with zero attached hydrogens (tertiary/aromatic N) is 1. The molecule has 1 rings (SSSR count). The second-order valence-electron chi connectivity index (χ2n) is 3.06. The van der Waals surface area contributed by atoms with Gasteiger partial charge in [-0.15, -0.1) is 23.4 Å². The van der Waals surface area contributed by atoms with Crippen molar-refractivity contribution in [2.45, 2.75) is 16.7 Å². The molecule has 0 aromatic carbocycles. The van der Waals surface area contributed by atoms with Gasteiger partial charge in [-0.25, -0.2) is 0 Å². The van der Waals surface area contributed by atoms with Crippen LogP contribution in [0, 0.1) is 10.1 Å². The average molecular weight is 268 g/mol. The third kappa shape index (κ3) is 3.13. The van der Waals surface area contributed by atoms with Gasteiger partial charge in [0.15, 0.2) is 0 Å². The third-order valence-corrected chi connectivity index (χ3v) is 4.28. The van der Waals surface area contributed by atoms with Crippen molar-refractivity contribution in [3.63, 3.8) is 0 Å². The predicted molar refractivity (Wildman–Crippen MR) is 65.4 cm³/mol. The van der Waals surface area contributed by atoms with Crippen molar-refractivity contribution in [1.82, 2.24) is 0 Å². The highest BCUT2D eigenvalue weighted by molar-refractivity contribution is 8.00. The SMILES string of the molecule is O=[N+]([O-])C1(Cl)C=CC=CC1SCCCCl. The molecule has 2 atom stereocenters. The molecule has 0 amide bonds. The summed E-state index contributed by atoms with van der Waals surface area (Å²) < 4.78 is 0. The maximum Gasteiger partial charge on any atom is 0.328 e. The zero-order valence-electron chi connectivity index (χ0n) is 7.94. The fourth-order valence-corrected chi connectivity index (χ4v) is 2.98. The molecule has 0 fully saturated rings. The molecular weight excluding hydrogens is 257 g/mol. The van der Waals surface area contributed by atoms with Gasteiger partial charge < -0.3 is 0 Å². The summed E-state index contributed by atoms with van der Waals surface area (Å²) in [5.74, 6) is 1.34. The summed E-state index contributed by atoms with van der Waals surface area (Å²) in [6, 6.07) is 0. The molecule has 2 unspecified atom stereocenters. The maximum atomic E-state index is 10.9. The van der Waals surface area contributed by atoms with Crippen LogP contribution >= 0.6 is 35.0 Å². The van der Waals surface area contributed by atoms with Crippen LogP contribution in [-0.2, 0) is 0 Å². The highest BCUT2D eigenvalue weighted by atomic mass is 35.5. The van der Waals surface area contributed by atoms with Crippen molar-refractivity contribution in [1.29, 1.82) is 0 Å². The molecule has 0 bridgehead atoms. The minimum atomic E-state index is -1.51. The molecule has 15 heavy (non-hydrogen) atoms. The van der Waals surface area contributed by atoms with E-state index in [1.165, 1.54) is 17.8 Å². The summed E-state index contributed by atoms with van der Waals surface area (Å²) in [5, 5.41) is 10.5. The lowest BCUT2D eigenvalue weighted by molar-refractivity contribution is -0.525. The number of halogens is 2. The number of alkyl halides is 2. The summed E-state index contributed by atoms with van der Waals surface area (Å²) in [5.41, 5.74) is 0. The van der Waals surface area contributed by atoms with E-state index < -0.39 is 9.92 Å². The summed E-state index contributed by atoms with van der Waals surface area (Å²) >= 11 is 13.0. The second kappa shape index (κ2) is 5.77. The van der Waals surface area contributed by atoms with E-state index in [1.807, 2.05) is 0 Å². The van der Waals surface area contributed by atoms with E-state index in [0.717, 1.165) is 12.2 Å². The Labute approximate surface area is 103 Å². The normalized spacial score (nSPS) is 29.3. The highest BCUT2D eigenvalue weighted by Gasteiger charge is 2.46. The van der Waals surface area contributed by atoms with Gasteiger partial charge in [-0.2, -0.15) is 0 Å². The first-order valence-corrected chi connectivity index (χ1v) is 6.44. The van der Waals surface area contributed by atoms with Crippen LogP contribution in [0.5, 0.6) is 0 Å². The van der Waals surface area contributed by atoms with Gasteiger partial charge in [-0.3, -0.25) is 10.1 Å². The van der Waals surface area contributed by atoms with Crippen LogP contribution in [-0.4, -0.2) is 26.8 Å². The van der Waals surface area contributed by atoms with Gasteiger partial charge in [0.1, 0.15) is 5.25 Å². The molecule has 0 saturated heterocycles. The van der Waals surface area contributed by atoms with Crippen LogP contribution in [0.25, 0.3) is 0 Å². The molecule has 0 heterocycles. The Balaban J connectivity index is 2.64. The zero-order chi connectivity index (χ0) is 11.3. The highest BCUT2D eigenvalue weighted by Crippen LogP contribution is 2.35. The fraction of sp³-hybridized carbons (Fsp3) is 0.556. The Morgan fingerprint density at radius 3 is 2.87 bits per heavy atom. The number of rotatable bonds is 5. The Morgan fingerprint density at radius 2 is 2.27 bits per heavy atom. The second-order valence-corrected chi connectivity index (χ2v) is 5.30. The van der Waals surface area contributed by atoms with Crippen LogP contribution in [0.1, 0.15) is 6.42 Å². The average Bonchev–Trinajstić information content (AvgIpc) is 2.21. The number of hydrogen-bond donors (Lipinski definition) is 0. The van der Waals surface area contributed by atoms with Crippen molar-refractivity contribution in [3.05, 3.63) is 34.4 Å². The van der Waals surface area contributed by atoms with E-state index in [4.69, 9.17) is 23.2 Å². The van der Waals surface area contributed by atoms with Gasteiger partial charge >= 0.3 is 5.00 Å².